The fraction of sp³-hybridized carbons (Fsp3) is 0.467. The van der Waals surface area contributed by atoms with Crippen molar-refractivity contribution in [2.75, 3.05) is 6.61 Å². The smallest absolute Gasteiger partial charge is 0.0716 e. The molecule has 3 heteroatoms. The Hall–Kier alpha value is -0.120. The lowest BCUT2D eigenvalue weighted by molar-refractivity contribution is 0.108. The van der Waals surface area contributed by atoms with E-state index in [-0.39, 0.29) is 0 Å². The zero-order valence-electron chi connectivity index (χ0n) is 10.7. The van der Waals surface area contributed by atoms with Crippen LogP contribution < -0.4 is 0 Å². The van der Waals surface area contributed by atoms with Crippen molar-refractivity contribution in [3.05, 3.63) is 45.4 Å². The topological polar surface area (TPSA) is 9.23 Å². The van der Waals surface area contributed by atoms with E-state index in [0.717, 1.165) is 29.4 Å². The van der Waals surface area contributed by atoms with Crippen molar-refractivity contribution in [3.8, 4) is 0 Å². The summed E-state index contributed by atoms with van der Waals surface area (Å²) in [6.45, 7) is 3.84. The Morgan fingerprint density at radius 2 is 1.94 bits per heavy atom. The summed E-state index contributed by atoms with van der Waals surface area (Å²) in [5.41, 5.74) is 1.25. The summed E-state index contributed by atoms with van der Waals surface area (Å²) in [5.74, 6) is 0.705. The highest BCUT2D eigenvalue weighted by Gasteiger charge is 2.01. The molecule has 1 aromatic rings. The van der Waals surface area contributed by atoms with Gasteiger partial charge in [-0.25, -0.2) is 0 Å². The van der Waals surface area contributed by atoms with Crippen molar-refractivity contribution < 1.29 is 4.74 Å². The van der Waals surface area contributed by atoms with E-state index >= 15 is 0 Å². The molecule has 0 aliphatic carbocycles. The summed E-state index contributed by atoms with van der Waals surface area (Å²) in [5, 5.41) is 0. The van der Waals surface area contributed by atoms with E-state index in [1.807, 2.05) is 18.2 Å². The van der Waals surface area contributed by atoms with Gasteiger partial charge >= 0.3 is 0 Å². The summed E-state index contributed by atoms with van der Waals surface area (Å²) >= 11 is 6.73. The molecule has 0 fully saturated rings. The van der Waals surface area contributed by atoms with Gasteiger partial charge in [0.15, 0.2) is 0 Å². The van der Waals surface area contributed by atoms with Gasteiger partial charge in [0, 0.05) is 6.61 Å². The molecule has 0 saturated carbocycles. The molecular weight excluding hydrogens is 356 g/mol. The molecule has 0 unspecified atom stereocenters. The Balaban J connectivity index is 2.05. The maximum Gasteiger partial charge on any atom is 0.0716 e. The highest BCUT2D eigenvalue weighted by Crippen LogP contribution is 2.17. The lowest BCUT2D eigenvalue weighted by Crippen LogP contribution is -2.02. The van der Waals surface area contributed by atoms with Crippen molar-refractivity contribution in [2.45, 2.75) is 32.8 Å². The summed E-state index contributed by atoms with van der Waals surface area (Å²) in [4.78, 5) is 0. The second-order valence-electron chi connectivity index (χ2n) is 4.50. The number of benzene rings is 1. The zero-order chi connectivity index (χ0) is 13.2. The summed E-state index contributed by atoms with van der Waals surface area (Å²) in [6, 6.07) is 10.3. The molecule has 0 N–H and O–H groups in total. The maximum absolute atomic E-state index is 5.68. The molecule has 0 aliphatic heterocycles. The third-order valence-electron chi connectivity index (χ3n) is 2.82. The average Bonchev–Trinajstić information content (AvgIpc) is 2.35. The van der Waals surface area contributed by atoms with E-state index in [1.54, 1.807) is 0 Å². The molecule has 0 amide bonds. The quantitative estimate of drug-likeness (QED) is 0.534. The molecule has 18 heavy (non-hydrogen) atoms. The standard InChI is InChI=1S/C15H20Br2O/c1-13(6-5-9-15(16)17)10-11-18-12-14-7-3-2-4-8-14/h2-4,7-9,13H,5-6,10-12H2,1H3/t13-/m1/s1. The normalized spacial score (nSPS) is 12.2. The average molecular weight is 376 g/mol. The molecule has 0 aromatic heterocycles. The van der Waals surface area contributed by atoms with Crippen molar-refractivity contribution >= 4 is 31.9 Å². The predicted molar refractivity (Wildman–Crippen MR) is 85.1 cm³/mol. The monoisotopic (exact) mass is 374 g/mol. The molecule has 0 aliphatic rings. The van der Waals surface area contributed by atoms with Gasteiger partial charge in [0.05, 0.1) is 10.00 Å². The molecule has 0 spiro atoms. The Kier molecular flexibility index (Phi) is 8.64. The van der Waals surface area contributed by atoms with Gasteiger partial charge in [-0.15, -0.1) is 0 Å². The minimum absolute atomic E-state index is 0.705. The number of rotatable bonds is 8. The van der Waals surface area contributed by atoms with Gasteiger partial charge in [-0.3, -0.25) is 0 Å². The minimum Gasteiger partial charge on any atom is -0.377 e. The Labute approximate surface area is 127 Å². The number of hydrogen-bond acceptors (Lipinski definition) is 1. The highest BCUT2D eigenvalue weighted by atomic mass is 79.9. The second kappa shape index (κ2) is 9.76. The van der Waals surface area contributed by atoms with Crippen LogP contribution in [0.25, 0.3) is 0 Å². The molecule has 0 heterocycles. The molecular formula is C15H20Br2O. The summed E-state index contributed by atoms with van der Waals surface area (Å²) in [7, 11) is 0. The van der Waals surface area contributed by atoms with Crippen LogP contribution in [0.3, 0.4) is 0 Å². The Morgan fingerprint density at radius 3 is 2.61 bits per heavy atom. The number of halogens is 2. The van der Waals surface area contributed by atoms with E-state index in [4.69, 9.17) is 4.74 Å². The van der Waals surface area contributed by atoms with Crippen LogP contribution in [0, 0.1) is 5.92 Å². The molecule has 0 bridgehead atoms. The van der Waals surface area contributed by atoms with Gasteiger partial charge in [-0.05, 0) is 62.6 Å². The van der Waals surface area contributed by atoms with Crippen LogP contribution in [0.2, 0.25) is 0 Å². The van der Waals surface area contributed by atoms with Crippen LogP contribution in [0.15, 0.2) is 39.8 Å². The van der Waals surface area contributed by atoms with E-state index in [9.17, 15) is 0 Å². The molecule has 1 atom stereocenters. The van der Waals surface area contributed by atoms with Crippen molar-refractivity contribution in [1.82, 2.24) is 0 Å². The largest absolute Gasteiger partial charge is 0.377 e. The van der Waals surface area contributed by atoms with Gasteiger partial charge in [-0.1, -0.05) is 43.3 Å². The molecule has 0 saturated heterocycles. The Morgan fingerprint density at radius 1 is 1.22 bits per heavy atom. The minimum atomic E-state index is 0.705. The summed E-state index contributed by atoms with van der Waals surface area (Å²) in [6.07, 6.45) is 5.59. The molecule has 100 valence electrons. The maximum atomic E-state index is 5.68. The van der Waals surface area contributed by atoms with Gasteiger partial charge in [0.1, 0.15) is 0 Å². The third kappa shape index (κ3) is 8.06. The first kappa shape index (κ1) is 15.9. The van der Waals surface area contributed by atoms with Crippen LogP contribution in [0.5, 0.6) is 0 Å². The van der Waals surface area contributed by atoms with E-state index in [1.165, 1.54) is 12.0 Å². The lowest BCUT2D eigenvalue weighted by atomic mass is 10.0. The van der Waals surface area contributed by atoms with Crippen LogP contribution in [-0.2, 0) is 11.3 Å². The Bertz CT molecular complexity index is 345. The van der Waals surface area contributed by atoms with Crippen LogP contribution in [0.1, 0.15) is 31.7 Å². The molecule has 1 rings (SSSR count). The predicted octanol–water partition coefficient (Wildman–Crippen LogP) is 5.64. The number of hydrogen-bond donors (Lipinski definition) is 0. The lowest BCUT2D eigenvalue weighted by Gasteiger charge is -2.10. The second-order valence-corrected chi connectivity index (χ2v) is 7.28. The fourth-order valence-corrected chi connectivity index (χ4v) is 2.13. The molecule has 1 aromatic carbocycles. The van der Waals surface area contributed by atoms with Crippen LogP contribution in [0.4, 0.5) is 0 Å². The first-order chi connectivity index (χ1) is 8.68. The molecule has 1 nitrogen and oxygen atoms in total. The van der Waals surface area contributed by atoms with Gasteiger partial charge < -0.3 is 4.74 Å². The molecule has 0 radical (unpaired) electrons. The van der Waals surface area contributed by atoms with E-state index in [2.05, 4.69) is 57.0 Å². The first-order valence-corrected chi connectivity index (χ1v) is 7.90. The van der Waals surface area contributed by atoms with Crippen LogP contribution in [-0.4, -0.2) is 6.61 Å². The number of ether oxygens (including phenoxy) is 1. The van der Waals surface area contributed by atoms with Crippen molar-refractivity contribution in [1.29, 1.82) is 0 Å². The van der Waals surface area contributed by atoms with E-state index < -0.39 is 0 Å². The van der Waals surface area contributed by atoms with Gasteiger partial charge in [0.25, 0.3) is 0 Å². The fourth-order valence-electron chi connectivity index (χ4n) is 1.67. The van der Waals surface area contributed by atoms with E-state index in [0.29, 0.717) is 5.92 Å². The number of allylic oxidation sites excluding steroid dienone is 1. The zero-order valence-corrected chi connectivity index (χ0v) is 13.9. The van der Waals surface area contributed by atoms with Crippen molar-refractivity contribution in [3.63, 3.8) is 0 Å². The SMILES string of the molecule is C[C@H](CCC=C(Br)Br)CCOCc1ccccc1. The van der Waals surface area contributed by atoms with Crippen LogP contribution >= 0.6 is 31.9 Å². The third-order valence-corrected chi connectivity index (χ3v) is 3.47. The van der Waals surface area contributed by atoms with Gasteiger partial charge in [-0.2, -0.15) is 0 Å². The van der Waals surface area contributed by atoms with Crippen molar-refractivity contribution in [2.24, 2.45) is 5.92 Å². The highest BCUT2D eigenvalue weighted by molar-refractivity contribution is 9.28. The summed E-state index contributed by atoms with van der Waals surface area (Å²) < 4.78 is 6.73. The first-order valence-electron chi connectivity index (χ1n) is 6.31. The van der Waals surface area contributed by atoms with Gasteiger partial charge in [0.2, 0.25) is 0 Å².